The van der Waals surface area contributed by atoms with Crippen LogP contribution in [0.3, 0.4) is 0 Å². The van der Waals surface area contributed by atoms with Gasteiger partial charge in [0.2, 0.25) is 0 Å². The van der Waals surface area contributed by atoms with Crippen LogP contribution in [0.15, 0.2) is 70.0 Å². The summed E-state index contributed by atoms with van der Waals surface area (Å²) in [5.41, 5.74) is 5.15. The first-order valence-electron chi connectivity index (χ1n) is 11.6. The van der Waals surface area contributed by atoms with E-state index in [1.165, 1.54) is 22.9 Å². The zero-order valence-corrected chi connectivity index (χ0v) is 22.5. The molecule has 1 aliphatic heterocycles. The van der Waals surface area contributed by atoms with Gasteiger partial charge in [0.25, 0.3) is 5.91 Å². The number of thioether (sulfide) groups is 1. The van der Waals surface area contributed by atoms with E-state index in [2.05, 4.69) is 64.7 Å². The first kappa shape index (κ1) is 25.2. The summed E-state index contributed by atoms with van der Waals surface area (Å²) in [5, 5.41) is 6.35. The van der Waals surface area contributed by atoms with Gasteiger partial charge in [-0.2, -0.15) is 0 Å². The van der Waals surface area contributed by atoms with Gasteiger partial charge in [0.05, 0.1) is 11.5 Å². The van der Waals surface area contributed by atoms with Crippen molar-refractivity contribution in [1.82, 2.24) is 5.32 Å². The van der Waals surface area contributed by atoms with Crippen LogP contribution in [0, 0.1) is 6.92 Å². The first-order chi connectivity index (χ1) is 16.9. The zero-order valence-electron chi connectivity index (χ0n) is 20.1. The van der Waals surface area contributed by atoms with Gasteiger partial charge in [0.1, 0.15) is 6.61 Å². The molecule has 0 bridgehead atoms. The number of hydrogen-bond donors (Lipinski definition) is 2. The molecular weight excluding hydrogens is 524 g/mol. The maximum atomic E-state index is 12.6. The molecule has 3 aromatic rings. The fraction of sp³-hybridized carbons (Fsp3) is 0.250. The Morgan fingerprint density at radius 3 is 2.51 bits per heavy atom. The van der Waals surface area contributed by atoms with E-state index < -0.39 is 0 Å². The van der Waals surface area contributed by atoms with E-state index in [9.17, 15) is 4.79 Å². The largest absolute Gasteiger partial charge is 0.490 e. The summed E-state index contributed by atoms with van der Waals surface area (Å²) in [4.78, 5) is 13.3. The Morgan fingerprint density at radius 1 is 1.03 bits per heavy atom. The SMILES string of the molecule is CCOc1cc(/C=C2\S[C@@H](Nc3ccc(CC)cc3)NC2=O)c(Br)cc1OCc1cccc(C)c1. The van der Waals surface area contributed by atoms with Crippen molar-refractivity contribution in [2.24, 2.45) is 0 Å². The van der Waals surface area contributed by atoms with Crippen molar-refractivity contribution in [3.8, 4) is 11.5 Å². The highest BCUT2D eigenvalue weighted by Crippen LogP contribution is 2.38. The van der Waals surface area contributed by atoms with Crippen LogP contribution in [0.4, 0.5) is 5.69 Å². The van der Waals surface area contributed by atoms with Crippen LogP contribution in [-0.4, -0.2) is 18.0 Å². The Balaban J connectivity index is 1.49. The summed E-state index contributed by atoms with van der Waals surface area (Å²) >= 11 is 5.10. The lowest BCUT2D eigenvalue weighted by Gasteiger charge is -2.14. The maximum Gasteiger partial charge on any atom is 0.260 e. The molecule has 3 aromatic carbocycles. The van der Waals surface area contributed by atoms with Crippen molar-refractivity contribution in [1.29, 1.82) is 0 Å². The van der Waals surface area contributed by atoms with E-state index in [0.29, 0.717) is 29.6 Å². The summed E-state index contributed by atoms with van der Waals surface area (Å²) in [6, 6.07) is 20.3. The summed E-state index contributed by atoms with van der Waals surface area (Å²) in [7, 11) is 0. The normalized spacial score (nSPS) is 16.3. The molecule has 1 heterocycles. The average molecular weight is 554 g/mol. The quantitative estimate of drug-likeness (QED) is 0.283. The van der Waals surface area contributed by atoms with Crippen molar-refractivity contribution < 1.29 is 14.3 Å². The summed E-state index contributed by atoms with van der Waals surface area (Å²) in [6.45, 7) is 7.09. The van der Waals surface area contributed by atoms with E-state index in [-0.39, 0.29) is 11.4 Å². The fourth-order valence-electron chi connectivity index (χ4n) is 3.70. The summed E-state index contributed by atoms with van der Waals surface area (Å²) < 4.78 is 12.8. The number of hydrogen-bond acceptors (Lipinski definition) is 5. The van der Waals surface area contributed by atoms with Crippen molar-refractivity contribution in [2.45, 2.75) is 39.3 Å². The van der Waals surface area contributed by atoms with E-state index in [1.807, 2.05) is 49.4 Å². The lowest BCUT2D eigenvalue weighted by molar-refractivity contribution is -0.116. The summed E-state index contributed by atoms with van der Waals surface area (Å²) in [5.74, 6) is 1.19. The maximum absolute atomic E-state index is 12.6. The summed E-state index contributed by atoms with van der Waals surface area (Å²) in [6.07, 6.45) is 2.87. The van der Waals surface area contributed by atoms with Crippen LogP contribution in [-0.2, 0) is 17.8 Å². The number of rotatable bonds is 9. The fourth-order valence-corrected chi connectivity index (χ4v) is 5.11. The molecule has 182 valence electrons. The highest BCUT2D eigenvalue weighted by atomic mass is 79.9. The smallest absolute Gasteiger partial charge is 0.260 e. The van der Waals surface area contributed by atoms with Crippen LogP contribution in [0.5, 0.6) is 11.5 Å². The Bertz CT molecular complexity index is 1230. The average Bonchev–Trinajstić information content (AvgIpc) is 3.19. The molecule has 0 aliphatic carbocycles. The Morgan fingerprint density at radius 2 is 1.80 bits per heavy atom. The monoisotopic (exact) mass is 552 g/mol. The van der Waals surface area contributed by atoms with E-state index in [1.54, 1.807) is 0 Å². The van der Waals surface area contributed by atoms with Crippen molar-refractivity contribution in [3.63, 3.8) is 0 Å². The van der Waals surface area contributed by atoms with E-state index >= 15 is 0 Å². The number of carbonyl (C=O) groups excluding carboxylic acids is 1. The molecule has 0 unspecified atom stereocenters. The predicted octanol–water partition coefficient (Wildman–Crippen LogP) is 6.90. The molecule has 1 fully saturated rings. The van der Waals surface area contributed by atoms with Gasteiger partial charge in [-0.15, -0.1) is 0 Å². The van der Waals surface area contributed by atoms with Crippen LogP contribution < -0.4 is 20.1 Å². The number of nitrogens with one attached hydrogen (secondary N) is 2. The van der Waals surface area contributed by atoms with Gasteiger partial charge in [-0.05, 0) is 67.3 Å². The van der Waals surface area contributed by atoms with Gasteiger partial charge in [-0.1, -0.05) is 76.6 Å². The van der Waals surface area contributed by atoms with Crippen molar-refractivity contribution >= 4 is 45.4 Å². The second-order valence-corrected chi connectivity index (χ2v) is 10.2. The molecule has 1 aliphatic rings. The van der Waals surface area contributed by atoms with Gasteiger partial charge >= 0.3 is 0 Å². The molecule has 4 rings (SSSR count). The molecule has 0 saturated carbocycles. The van der Waals surface area contributed by atoms with Crippen LogP contribution in [0.2, 0.25) is 0 Å². The highest BCUT2D eigenvalue weighted by Gasteiger charge is 2.27. The number of carbonyl (C=O) groups is 1. The van der Waals surface area contributed by atoms with Crippen molar-refractivity contribution in [3.05, 3.63) is 92.3 Å². The molecule has 5 nitrogen and oxygen atoms in total. The molecule has 1 atom stereocenters. The Kier molecular flexibility index (Phi) is 8.42. The molecule has 1 saturated heterocycles. The molecule has 0 aromatic heterocycles. The lowest BCUT2D eigenvalue weighted by atomic mass is 10.1. The number of benzene rings is 3. The third-order valence-electron chi connectivity index (χ3n) is 5.52. The minimum Gasteiger partial charge on any atom is -0.490 e. The standard InChI is InChI=1S/C28H29BrN2O3S/c1-4-19-9-11-22(12-10-19)30-28-31-27(32)26(35-28)15-21-14-24(33-5-2)25(16-23(21)29)34-17-20-8-6-7-18(3)13-20/h6-16,28,30H,4-5,17H2,1-3H3,(H,31,32)/b26-15-/t28-/m0/s1. The third-order valence-corrected chi connectivity index (χ3v) is 7.23. The van der Waals surface area contributed by atoms with E-state index in [0.717, 1.165) is 27.7 Å². The molecule has 1 amide bonds. The van der Waals surface area contributed by atoms with Gasteiger partial charge in [0, 0.05) is 10.2 Å². The van der Waals surface area contributed by atoms with Crippen LogP contribution in [0.25, 0.3) is 6.08 Å². The van der Waals surface area contributed by atoms with Gasteiger partial charge < -0.3 is 20.1 Å². The molecule has 35 heavy (non-hydrogen) atoms. The minimum absolute atomic E-state index is 0.109. The van der Waals surface area contributed by atoms with Gasteiger partial charge in [0.15, 0.2) is 17.0 Å². The zero-order chi connectivity index (χ0) is 24.8. The van der Waals surface area contributed by atoms with Gasteiger partial charge in [-0.25, -0.2) is 0 Å². The number of anilines is 1. The van der Waals surface area contributed by atoms with Crippen molar-refractivity contribution in [2.75, 3.05) is 11.9 Å². The molecule has 0 spiro atoms. The number of aryl methyl sites for hydroxylation is 2. The number of amides is 1. The number of ether oxygens (including phenoxy) is 2. The lowest BCUT2D eigenvalue weighted by Crippen LogP contribution is -2.30. The molecule has 0 radical (unpaired) electrons. The Hall–Kier alpha value is -2.90. The van der Waals surface area contributed by atoms with E-state index in [4.69, 9.17) is 9.47 Å². The van der Waals surface area contributed by atoms with Crippen LogP contribution >= 0.6 is 27.7 Å². The second-order valence-electron chi connectivity index (χ2n) is 8.21. The Labute approximate surface area is 219 Å². The first-order valence-corrected chi connectivity index (χ1v) is 13.3. The molecule has 2 N–H and O–H groups in total. The third kappa shape index (κ3) is 6.61. The minimum atomic E-state index is -0.233. The topological polar surface area (TPSA) is 59.6 Å². The number of halogens is 1. The highest BCUT2D eigenvalue weighted by molar-refractivity contribution is 9.10. The molecule has 7 heteroatoms. The van der Waals surface area contributed by atoms with Crippen LogP contribution in [0.1, 0.15) is 36.1 Å². The van der Waals surface area contributed by atoms with Gasteiger partial charge in [-0.3, -0.25) is 4.79 Å². The second kappa shape index (κ2) is 11.7. The predicted molar refractivity (Wildman–Crippen MR) is 148 cm³/mol. The molecular formula is C28H29BrN2O3S.